The molecule has 2 bridgehead atoms. The topological polar surface area (TPSA) is 63.6 Å². The van der Waals surface area contributed by atoms with E-state index in [9.17, 15) is 9.59 Å². The third-order valence-electron chi connectivity index (χ3n) is 4.35. The molecule has 0 aliphatic heterocycles. The van der Waals surface area contributed by atoms with E-state index in [-0.39, 0.29) is 23.2 Å². The number of aliphatic carboxylic acids is 1. The zero-order valence-electron chi connectivity index (χ0n) is 9.62. The van der Waals surface area contributed by atoms with Crippen LogP contribution in [0.1, 0.15) is 44.9 Å². The monoisotopic (exact) mass is 226 g/mol. The molecule has 2 aliphatic carbocycles. The highest BCUT2D eigenvalue weighted by atomic mass is 16.5. The van der Waals surface area contributed by atoms with Crippen LogP contribution in [-0.2, 0) is 14.3 Å². The predicted octanol–water partition coefficient (Wildman–Crippen LogP) is 1.97. The van der Waals surface area contributed by atoms with Crippen LogP contribution < -0.4 is 0 Å². The molecule has 0 heterocycles. The molecule has 1 N–H and O–H groups in total. The van der Waals surface area contributed by atoms with Crippen molar-refractivity contribution in [1.29, 1.82) is 0 Å². The van der Waals surface area contributed by atoms with Gasteiger partial charge in [0.05, 0.1) is 18.9 Å². The van der Waals surface area contributed by atoms with Crippen molar-refractivity contribution in [3.05, 3.63) is 0 Å². The number of hydrogen-bond donors (Lipinski definition) is 1. The Bertz CT molecular complexity index is 325. The lowest BCUT2D eigenvalue weighted by molar-refractivity contribution is -0.155. The molecule has 90 valence electrons. The van der Waals surface area contributed by atoms with Crippen molar-refractivity contribution in [3.8, 4) is 0 Å². The van der Waals surface area contributed by atoms with Crippen molar-refractivity contribution in [3.63, 3.8) is 0 Å². The van der Waals surface area contributed by atoms with Crippen LogP contribution in [-0.4, -0.2) is 24.2 Å². The second-order valence-electron chi connectivity index (χ2n) is 5.37. The van der Waals surface area contributed by atoms with Gasteiger partial charge in [0.1, 0.15) is 0 Å². The average molecular weight is 226 g/mol. The first-order valence-corrected chi connectivity index (χ1v) is 5.82. The Hall–Kier alpha value is -1.06. The molecule has 2 fully saturated rings. The maximum Gasteiger partial charge on any atom is 0.311 e. The van der Waals surface area contributed by atoms with Crippen LogP contribution in [0.2, 0.25) is 0 Å². The largest absolute Gasteiger partial charge is 0.481 e. The van der Waals surface area contributed by atoms with Crippen molar-refractivity contribution in [2.24, 2.45) is 10.8 Å². The standard InChI is InChI=1S/C12H18O4/c1-16-10(15)12-4-2-3-11(8-12,5-6-12)7-9(13)14/h2-8H2,1H3,(H,13,14)/t11-,12-/m0/s1. The van der Waals surface area contributed by atoms with Gasteiger partial charge in [-0.25, -0.2) is 0 Å². The summed E-state index contributed by atoms with van der Waals surface area (Å²) in [6.07, 6.45) is 5.31. The Morgan fingerprint density at radius 1 is 1.25 bits per heavy atom. The normalized spacial score (nSPS) is 37.1. The van der Waals surface area contributed by atoms with Gasteiger partial charge in [0.2, 0.25) is 0 Å². The van der Waals surface area contributed by atoms with Crippen LogP contribution in [0.5, 0.6) is 0 Å². The van der Waals surface area contributed by atoms with Gasteiger partial charge in [-0.2, -0.15) is 0 Å². The number of carbonyl (C=O) groups is 2. The lowest BCUT2D eigenvalue weighted by Gasteiger charge is -2.36. The first kappa shape index (κ1) is 11.4. The fraction of sp³-hybridized carbons (Fsp3) is 0.833. The van der Waals surface area contributed by atoms with Crippen molar-refractivity contribution in [2.75, 3.05) is 7.11 Å². The minimum absolute atomic E-state index is 0.139. The zero-order chi connectivity index (χ0) is 11.8. The number of carboxylic acids is 1. The number of carbonyl (C=O) groups excluding carboxylic acids is 1. The molecule has 0 radical (unpaired) electrons. The molecule has 0 aromatic heterocycles. The quantitative estimate of drug-likeness (QED) is 0.747. The summed E-state index contributed by atoms with van der Waals surface area (Å²) in [7, 11) is 1.42. The summed E-state index contributed by atoms with van der Waals surface area (Å²) in [5, 5.41) is 8.94. The number of carboxylic acid groups (broad SMARTS) is 1. The molecule has 0 saturated heterocycles. The van der Waals surface area contributed by atoms with E-state index in [2.05, 4.69) is 0 Å². The molecule has 0 aromatic rings. The number of fused-ring (bicyclic) bond motifs is 2. The highest BCUT2D eigenvalue weighted by molar-refractivity contribution is 5.78. The van der Waals surface area contributed by atoms with Crippen molar-refractivity contribution >= 4 is 11.9 Å². The van der Waals surface area contributed by atoms with Crippen LogP contribution in [0.25, 0.3) is 0 Å². The number of rotatable bonds is 3. The van der Waals surface area contributed by atoms with Crippen LogP contribution in [0, 0.1) is 10.8 Å². The Kier molecular flexibility index (Phi) is 2.68. The smallest absolute Gasteiger partial charge is 0.311 e. The van der Waals surface area contributed by atoms with E-state index in [0.29, 0.717) is 6.42 Å². The Morgan fingerprint density at radius 2 is 2.00 bits per heavy atom. The summed E-state index contributed by atoms with van der Waals surface area (Å²) in [4.78, 5) is 22.7. The van der Waals surface area contributed by atoms with Crippen molar-refractivity contribution < 1.29 is 19.4 Å². The molecule has 16 heavy (non-hydrogen) atoms. The lowest BCUT2D eigenvalue weighted by atomic mass is 9.67. The summed E-state index contributed by atoms with van der Waals surface area (Å²) >= 11 is 0. The molecular formula is C12H18O4. The van der Waals surface area contributed by atoms with E-state index < -0.39 is 5.97 Å². The minimum Gasteiger partial charge on any atom is -0.481 e. The molecule has 2 aliphatic rings. The Labute approximate surface area is 95.0 Å². The fourth-order valence-electron chi connectivity index (χ4n) is 3.68. The SMILES string of the molecule is COC(=O)[C@@]12CCC[C@@](CC(=O)O)(CC1)C2. The van der Waals surface area contributed by atoms with E-state index in [1.165, 1.54) is 7.11 Å². The summed E-state index contributed by atoms with van der Waals surface area (Å²) in [6, 6.07) is 0. The maximum absolute atomic E-state index is 11.8. The molecule has 2 saturated carbocycles. The third-order valence-corrected chi connectivity index (χ3v) is 4.35. The van der Waals surface area contributed by atoms with Crippen LogP contribution in [0.15, 0.2) is 0 Å². The van der Waals surface area contributed by atoms with Crippen LogP contribution >= 0.6 is 0 Å². The number of ether oxygens (including phenoxy) is 1. The lowest BCUT2D eigenvalue weighted by Crippen LogP contribution is -2.35. The maximum atomic E-state index is 11.8. The molecular weight excluding hydrogens is 208 g/mol. The molecule has 2 rings (SSSR count). The fourth-order valence-corrected chi connectivity index (χ4v) is 3.68. The van der Waals surface area contributed by atoms with Gasteiger partial charge >= 0.3 is 11.9 Å². The van der Waals surface area contributed by atoms with Crippen molar-refractivity contribution in [1.82, 2.24) is 0 Å². The van der Waals surface area contributed by atoms with Gasteiger partial charge in [-0.3, -0.25) is 9.59 Å². The number of hydrogen-bond acceptors (Lipinski definition) is 3. The van der Waals surface area contributed by atoms with Gasteiger partial charge < -0.3 is 9.84 Å². The van der Waals surface area contributed by atoms with E-state index in [4.69, 9.17) is 9.84 Å². The summed E-state index contributed by atoms with van der Waals surface area (Å²) in [5.74, 6) is -0.887. The molecule has 0 spiro atoms. The first-order chi connectivity index (χ1) is 7.52. The van der Waals surface area contributed by atoms with Gasteiger partial charge in [0.15, 0.2) is 0 Å². The van der Waals surface area contributed by atoms with E-state index >= 15 is 0 Å². The number of methoxy groups -OCH3 is 1. The predicted molar refractivity (Wildman–Crippen MR) is 56.8 cm³/mol. The highest BCUT2D eigenvalue weighted by Gasteiger charge is 2.55. The van der Waals surface area contributed by atoms with Gasteiger partial charge in [0.25, 0.3) is 0 Å². The summed E-state index contributed by atoms with van der Waals surface area (Å²) < 4.78 is 4.87. The summed E-state index contributed by atoms with van der Waals surface area (Å²) in [5.41, 5.74) is -0.513. The third kappa shape index (κ3) is 1.70. The van der Waals surface area contributed by atoms with Crippen LogP contribution in [0.4, 0.5) is 0 Å². The first-order valence-electron chi connectivity index (χ1n) is 5.82. The molecule has 4 nitrogen and oxygen atoms in total. The molecule has 0 unspecified atom stereocenters. The van der Waals surface area contributed by atoms with Gasteiger partial charge in [0, 0.05) is 0 Å². The second-order valence-corrected chi connectivity index (χ2v) is 5.37. The van der Waals surface area contributed by atoms with Crippen molar-refractivity contribution in [2.45, 2.75) is 44.9 Å². The number of esters is 1. The molecule has 4 heteroatoms. The Morgan fingerprint density at radius 3 is 2.62 bits per heavy atom. The minimum atomic E-state index is -0.748. The average Bonchev–Trinajstić information content (AvgIpc) is 2.49. The zero-order valence-corrected chi connectivity index (χ0v) is 9.62. The van der Waals surface area contributed by atoms with E-state index in [1.807, 2.05) is 0 Å². The second kappa shape index (κ2) is 3.75. The van der Waals surface area contributed by atoms with Crippen LogP contribution in [0.3, 0.4) is 0 Å². The van der Waals surface area contributed by atoms with Gasteiger partial charge in [-0.05, 0) is 37.5 Å². The summed E-state index contributed by atoms with van der Waals surface area (Å²) in [6.45, 7) is 0. The molecule has 0 amide bonds. The molecule has 2 atom stereocenters. The molecule has 0 aromatic carbocycles. The van der Waals surface area contributed by atoms with E-state index in [0.717, 1.165) is 32.1 Å². The Balaban J connectivity index is 2.18. The van der Waals surface area contributed by atoms with Gasteiger partial charge in [-0.15, -0.1) is 0 Å². The van der Waals surface area contributed by atoms with E-state index in [1.54, 1.807) is 0 Å². The highest BCUT2D eigenvalue weighted by Crippen LogP contribution is 2.60. The van der Waals surface area contributed by atoms with Gasteiger partial charge in [-0.1, -0.05) is 6.42 Å².